The first-order valence-electron chi connectivity index (χ1n) is 10.4. The van der Waals surface area contributed by atoms with Crippen molar-refractivity contribution in [1.82, 2.24) is 13.8 Å². The number of pyridine rings is 1. The SMILES string of the molecule is CN(C)S(=O)(=O)c1ccc(C(=O)Nc2cc(C(=O)N3CCCCCC3)cn(C)c2=O)cc1. The summed E-state index contributed by atoms with van der Waals surface area (Å²) in [6, 6.07) is 6.83. The Morgan fingerprint density at radius 2 is 1.56 bits per heavy atom. The van der Waals surface area contributed by atoms with Crippen molar-refractivity contribution >= 4 is 27.5 Å². The summed E-state index contributed by atoms with van der Waals surface area (Å²) in [5, 5.41) is 2.56. The number of rotatable bonds is 5. The molecule has 0 saturated carbocycles. The standard InChI is InChI=1S/C22H28N4O5S/c1-24(2)32(30,31)18-10-8-16(9-11-18)20(27)23-19-14-17(15-25(3)22(19)29)21(28)26-12-6-4-5-7-13-26/h8-11,14-15H,4-7,12-13H2,1-3H3,(H,23,27). The smallest absolute Gasteiger partial charge is 0.274 e. The number of amides is 2. The molecule has 0 unspecified atom stereocenters. The number of nitrogens with one attached hydrogen (secondary N) is 1. The van der Waals surface area contributed by atoms with Gasteiger partial charge in [-0.1, -0.05) is 12.8 Å². The van der Waals surface area contributed by atoms with E-state index in [1.165, 1.54) is 62.2 Å². The van der Waals surface area contributed by atoms with Gasteiger partial charge in [-0.2, -0.15) is 0 Å². The molecule has 1 N–H and O–H groups in total. The van der Waals surface area contributed by atoms with Crippen LogP contribution in [0.2, 0.25) is 0 Å². The fourth-order valence-corrected chi connectivity index (χ4v) is 4.46. The molecule has 32 heavy (non-hydrogen) atoms. The molecule has 0 bridgehead atoms. The Morgan fingerprint density at radius 3 is 2.12 bits per heavy atom. The highest BCUT2D eigenvalue weighted by Crippen LogP contribution is 2.17. The predicted octanol–water partition coefficient (Wildman–Crippen LogP) is 1.90. The normalized spacial score (nSPS) is 14.8. The van der Waals surface area contributed by atoms with Crippen LogP contribution in [0.5, 0.6) is 0 Å². The van der Waals surface area contributed by atoms with Gasteiger partial charge in [0, 0.05) is 46.0 Å². The van der Waals surface area contributed by atoms with E-state index in [1.54, 1.807) is 4.90 Å². The summed E-state index contributed by atoms with van der Waals surface area (Å²) in [7, 11) is 0.757. The lowest BCUT2D eigenvalue weighted by molar-refractivity contribution is 0.0760. The molecule has 0 spiro atoms. The molecule has 1 aromatic heterocycles. The number of likely N-dealkylation sites (tertiary alicyclic amines) is 1. The molecule has 0 aliphatic carbocycles. The first-order chi connectivity index (χ1) is 15.1. The zero-order valence-corrected chi connectivity index (χ0v) is 19.3. The van der Waals surface area contributed by atoms with Gasteiger partial charge in [0.2, 0.25) is 10.0 Å². The molecule has 2 heterocycles. The number of hydrogen-bond donors (Lipinski definition) is 1. The van der Waals surface area contributed by atoms with Crippen LogP contribution in [0.1, 0.15) is 46.4 Å². The minimum Gasteiger partial charge on any atom is -0.339 e. The molecule has 2 aromatic rings. The van der Waals surface area contributed by atoms with Crippen molar-refractivity contribution in [2.24, 2.45) is 7.05 Å². The van der Waals surface area contributed by atoms with Crippen LogP contribution in [0.4, 0.5) is 5.69 Å². The third kappa shape index (κ3) is 5.08. The van der Waals surface area contributed by atoms with Crippen molar-refractivity contribution in [3.05, 3.63) is 58.0 Å². The van der Waals surface area contributed by atoms with Crippen LogP contribution in [0.25, 0.3) is 0 Å². The number of carbonyl (C=O) groups excluding carboxylic acids is 2. The van der Waals surface area contributed by atoms with E-state index >= 15 is 0 Å². The van der Waals surface area contributed by atoms with Crippen LogP contribution in [0.15, 0.2) is 46.2 Å². The van der Waals surface area contributed by atoms with E-state index in [9.17, 15) is 22.8 Å². The Labute approximate surface area is 187 Å². The molecule has 0 atom stereocenters. The molecular formula is C22H28N4O5S. The van der Waals surface area contributed by atoms with Crippen molar-refractivity contribution in [2.45, 2.75) is 30.6 Å². The highest BCUT2D eigenvalue weighted by Gasteiger charge is 2.21. The maximum absolute atomic E-state index is 12.9. The van der Waals surface area contributed by atoms with Crippen LogP contribution in [0.3, 0.4) is 0 Å². The van der Waals surface area contributed by atoms with Gasteiger partial charge in [0.15, 0.2) is 0 Å². The van der Waals surface area contributed by atoms with E-state index in [0.29, 0.717) is 18.7 Å². The first kappa shape index (κ1) is 23.7. The second-order valence-electron chi connectivity index (χ2n) is 8.03. The van der Waals surface area contributed by atoms with Gasteiger partial charge in [-0.25, -0.2) is 12.7 Å². The number of aryl methyl sites for hydroxylation is 1. The van der Waals surface area contributed by atoms with Gasteiger partial charge in [0.05, 0.1) is 10.5 Å². The highest BCUT2D eigenvalue weighted by molar-refractivity contribution is 7.89. The Bertz CT molecular complexity index is 1160. The molecule has 2 amide bonds. The molecule has 1 aromatic carbocycles. The number of aromatic nitrogens is 1. The first-order valence-corrected chi connectivity index (χ1v) is 11.9. The Morgan fingerprint density at radius 1 is 0.969 bits per heavy atom. The predicted molar refractivity (Wildman–Crippen MR) is 121 cm³/mol. The third-order valence-corrected chi connectivity index (χ3v) is 7.30. The Hall–Kier alpha value is -2.98. The van der Waals surface area contributed by atoms with Crippen LogP contribution in [-0.4, -0.2) is 61.2 Å². The lowest BCUT2D eigenvalue weighted by Gasteiger charge is -2.21. The fourth-order valence-electron chi connectivity index (χ4n) is 3.56. The number of benzene rings is 1. The zero-order valence-electron chi connectivity index (χ0n) is 18.5. The summed E-state index contributed by atoms with van der Waals surface area (Å²) < 4.78 is 26.7. The van der Waals surface area contributed by atoms with Gasteiger partial charge in [-0.3, -0.25) is 14.4 Å². The minimum atomic E-state index is -3.61. The van der Waals surface area contributed by atoms with E-state index in [-0.39, 0.29) is 22.1 Å². The number of anilines is 1. The maximum Gasteiger partial charge on any atom is 0.274 e. The quantitative estimate of drug-likeness (QED) is 0.733. The molecule has 1 saturated heterocycles. The molecule has 3 rings (SSSR count). The summed E-state index contributed by atoms with van der Waals surface area (Å²) in [6.07, 6.45) is 5.55. The molecular weight excluding hydrogens is 432 g/mol. The zero-order chi connectivity index (χ0) is 23.5. The number of carbonyl (C=O) groups is 2. The molecule has 1 aliphatic rings. The summed E-state index contributed by atoms with van der Waals surface area (Å²) in [5.74, 6) is -0.744. The average Bonchev–Trinajstić information content (AvgIpc) is 3.05. The van der Waals surface area contributed by atoms with E-state index in [0.717, 1.165) is 30.0 Å². The lowest BCUT2D eigenvalue weighted by atomic mass is 10.2. The van der Waals surface area contributed by atoms with Crippen molar-refractivity contribution in [3.8, 4) is 0 Å². The van der Waals surface area contributed by atoms with Gasteiger partial charge in [-0.05, 0) is 43.2 Å². The topological polar surface area (TPSA) is 109 Å². The maximum atomic E-state index is 12.9. The van der Waals surface area contributed by atoms with Gasteiger partial charge >= 0.3 is 0 Å². The lowest BCUT2D eigenvalue weighted by Crippen LogP contribution is -2.33. The summed E-state index contributed by atoms with van der Waals surface area (Å²) in [6.45, 7) is 1.34. The van der Waals surface area contributed by atoms with E-state index < -0.39 is 21.5 Å². The van der Waals surface area contributed by atoms with Gasteiger partial charge in [0.1, 0.15) is 5.69 Å². The largest absolute Gasteiger partial charge is 0.339 e. The number of hydrogen-bond acceptors (Lipinski definition) is 5. The average molecular weight is 461 g/mol. The highest BCUT2D eigenvalue weighted by atomic mass is 32.2. The molecule has 1 aliphatic heterocycles. The Kier molecular flexibility index (Phi) is 7.15. The van der Waals surface area contributed by atoms with Crippen LogP contribution in [0, 0.1) is 0 Å². The van der Waals surface area contributed by atoms with Crippen LogP contribution < -0.4 is 10.9 Å². The Balaban J connectivity index is 1.83. The number of nitrogens with zero attached hydrogens (tertiary/aromatic N) is 3. The van der Waals surface area contributed by atoms with Crippen molar-refractivity contribution in [3.63, 3.8) is 0 Å². The molecule has 172 valence electrons. The van der Waals surface area contributed by atoms with Crippen LogP contribution in [-0.2, 0) is 17.1 Å². The minimum absolute atomic E-state index is 0.0110. The van der Waals surface area contributed by atoms with Crippen molar-refractivity contribution < 1.29 is 18.0 Å². The molecule has 9 nitrogen and oxygen atoms in total. The number of sulfonamides is 1. The van der Waals surface area contributed by atoms with Crippen molar-refractivity contribution in [1.29, 1.82) is 0 Å². The second-order valence-corrected chi connectivity index (χ2v) is 10.2. The van der Waals surface area contributed by atoms with E-state index in [2.05, 4.69) is 5.32 Å². The molecule has 0 radical (unpaired) electrons. The fraction of sp³-hybridized carbons (Fsp3) is 0.409. The third-order valence-electron chi connectivity index (χ3n) is 5.47. The summed E-state index contributed by atoms with van der Waals surface area (Å²) in [4.78, 5) is 40.0. The molecule has 1 fully saturated rings. The monoisotopic (exact) mass is 460 g/mol. The van der Waals surface area contributed by atoms with Gasteiger partial charge < -0.3 is 14.8 Å². The van der Waals surface area contributed by atoms with Gasteiger partial charge in [-0.15, -0.1) is 0 Å². The second kappa shape index (κ2) is 9.66. The summed E-state index contributed by atoms with van der Waals surface area (Å²) in [5.41, 5.74) is 0.0615. The molecule has 10 heteroatoms. The van der Waals surface area contributed by atoms with Crippen LogP contribution >= 0.6 is 0 Å². The van der Waals surface area contributed by atoms with E-state index in [1.807, 2.05) is 0 Å². The van der Waals surface area contributed by atoms with E-state index in [4.69, 9.17) is 0 Å². The van der Waals surface area contributed by atoms with Gasteiger partial charge in [0.25, 0.3) is 17.4 Å². The van der Waals surface area contributed by atoms with Crippen molar-refractivity contribution in [2.75, 3.05) is 32.5 Å². The summed E-state index contributed by atoms with van der Waals surface area (Å²) >= 11 is 0.